The topological polar surface area (TPSA) is 61.4 Å². The number of imidazole rings is 2. The van der Waals surface area contributed by atoms with E-state index in [1.165, 1.54) is 21.3 Å². The zero-order valence-electron chi connectivity index (χ0n) is 21.7. The fourth-order valence-electron chi connectivity index (χ4n) is 4.54. The zero-order chi connectivity index (χ0) is 29.2. The molecule has 0 radical (unpaired) electrons. The van der Waals surface area contributed by atoms with Crippen LogP contribution >= 0.6 is 0 Å². The van der Waals surface area contributed by atoms with Crippen LogP contribution in [0.4, 0.5) is 26.3 Å². The van der Waals surface area contributed by atoms with Crippen LogP contribution < -0.4 is 0 Å². The van der Waals surface area contributed by atoms with Crippen molar-refractivity contribution in [2.75, 3.05) is 0 Å². The van der Waals surface area contributed by atoms with Crippen molar-refractivity contribution in [3.05, 3.63) is 108 Å². The molecule has 0 unspecified atom stereocenters. The van der Waals surface area contributed by atoms with Crippen LogP contribution in [0.15, 0.2) is 72.8 Å². The first-order valence-corrected chi connectivity index (χ1v) is 12.2. The molecule has 4 heterocycles. The molecule has 6 nitrogen and oxygen atoms in total. The van der Waals surface area contributed by atoms with Crippen LogP contribution in [0.3, 0.4) is 0 Å². The first-order valence-electron chi connectivity index (χ1n) is 12.2. The van der Waals surface area contributed by atoms with E-state index in [-0.39, 0.29) is 32.1 Å². The SMILES string of the molecule is CC(C)(c1cccc(-n2[c-]nc3cc(C(F)(F)F)ccc32)n1)c1cccc(-n2[c-]nc3cc(C(F)(F)F)ccc32)n1.[Pt+2]. The molecule has 4 aromatic heterocycles. The van der Waals surface area contributed by atoms with E-state index in [4.69, 9.17) is 9.97 Å². The average molecular weight is 760 g/mol. The maximum Gasteiger partial charge on any atom is 2.00 e. The zero-order valence-corrected chi connectivity index (χ0v) is 24.0. The molecule has 0 N–H and O–H groups in total. The molecule has 0 aliphatic rings. The summed E-state index contributed by atoms with van der Waals surface area (Å²) in [7, 11) is 0. The normalized spacial score (nSPS) is 12.6. The molecule has 0 saturated carbocycles. The monoisotopic (exact) mass is 759 g/mol. The summed E-state index contributed by atoms with van der Waals surface area (Å²) in [5, 5.41) is 0. The molecule has 13 heteroatoms. The van der Waals surface area contributed by atoms with Crippen molar-refractivity contribution in [1.29, 1.82) is 0 Å². The van der Waals surface area contributed by atoms with Gasteiger partial charge in [0.25, 0.3) is 0 Å². The fraction of sp³-hybridized carbons (Fsp3) is 0.172. The molecular weight excluding hydrogens is 741 g/mol. The average Bonchev–Trinajstić information content (AvgIpc) is 3.56. The molecule has 0 bridgehead atoms. The van der Waals surface area contributed by atoms with Crippen LogP contribution in [0.1, 0.15) is 36.4 Å². The van der Waals surface area contributed by atoms with Gasteiger partial charge in [-0.1, -0.05) is 71.7 Å². The largest absolute Gasteiger partial charge is 2.00 e. The Bertz CT molecular complexity index is 1780. The van der Waals surface area contributed by atoms with E-state index in [2.05, 4.69) is 22.6 Å². The third-order valence-corrected chi connectivity index (χ3v) is 6.84. The standard InChI is InChI=1S/C29H18F6N6.Pt/c1-27(2,23-5-3-7-25(38-23)40-15-36-19-13-17(28(30,31)32)9-11-21(19)40)24-6-4-8-26(39-24)41-16-37-20-14-18(29(33,34)35)10-12-22(20)41;/h3-14H,1-2H3;/q-2;+2. The van der Waals surface area contributed by atoms with Gasteiger partial charge in [-0.25, -0.2) is 0 Å². The molecule has 0 fully saturated rings. The molecule has 216 valence electrons. The predicted molar refractivity (Wildman–Crippen MR) is 138 cm³/mol. The van der Waals surface area contributed by atoms with Gasteiger partial charge in [-0.2, -0.15) is 26.3 Å². The first-order chi connectivity index (χ1) is 19.3. The smallest absolute Gasteiger partial charge is 0.411 e. The van der Waals surface area contributed by atoms with Crippen molar-refractivity contribution in [2.24, 2.45) is 0 Å². The predicted octanol–water partition coefficient (Wildman–Crippen LogP) is 7.12. The van der Waals surface area contributed by atoms with Crippen LogP contribution in [-0.4, -0.2) is 29.1 Å². The number of halogens is 6. The van der Waals surface area contributed by atoms with Gasteiger partial charge in [-0.05, 0) is 37.0 Å². The summed E-state index contributed by atoms with van der Waals surface area (Å²) >= 11 is 0. The molecule has 6 aromatic rings. The van der Waals surface area contributed by atoms with Crippen LogP contribution in [-0.2, 0) is 38.8 Å². The fourth-order valence-corrected chi connectivity index (χ4v) is 4.54. The summed E-state index contributed by atoms with van der Waals surface area (Å²) in [5.41, 5.74) is -0.0622. The third-order valence-electron chi connectivity index (χ3n) is 6.84. The van der Waals surface area contributed by atoms with Gasteiger partial charge in [0.1, 0.15) is 0 Å². The van der Waals surface area contributed by atoms with E-state index in [0.717, 1.165) is 24.3 Å². The Labute approximate surface area is 249 Å². The molecule has 0 spiro atoms. The van der Waals surface area contributed by atoms with Gasteiger partial charge in [-0.15, -0.1) is 0 Å². The molecule has 2 aromatic carbocycles. The van der Waals surface area contributed by atoms with Gasteiger partial charge in [-0.3, -0.25) is 9.97 Å². The number of pyridine rings is 2. The Morgan fingerprint density at radius 1 is 0.595 bits per heavy atom. The van der Waals surface area contributed by atoms with Crippen LogP contribution in [0.2, 0.25) is 0 Å². The molecule has 42 heavy (non-hydrogen) atoms. The molecule has 0 amide bonds. The maximum absolute atomic E-state index is 13.1. The Balaban J connectivity index is 0.00000353. The van der Waals surface area contributed by atoms with Gasteiger partial charge in [0.05, 0.1) is 11.6 Å². The number of hydrogen-bond acceptors (Lipinski definition) is 4. The number of hydrogen-bond donors (Lipinski definition) is 0. The van der Waals surface area contributed by atoms with E-state index in [0.29, 0.717) is 34.1 Å². The van der Waals surface area contributed by atoms with Crippen molar-refractivity contribution in [3.63, 3.8) is 0 Å². The summed E-state index contributed by atoms with van der Waals surface area (Å²) in [6.07, 6.45) is -3.54. The number of rotatable bonds is 4. The minimum atomic E-state index is -4.49. The minimum absolute atomic E-state index is 0. The van der Waals surface area contributed by atoms with Gasteiger partial charge < -0.3 is 19.1 Å². The van der Waals surface area contributed by atoms with Crippen molar-refractivity contribution < 1.29 is 47.4 Å². The maximum atomic E-state index is 13.1. The summed E-state index contributed by atoms with van der Waals surface area (Å²) in [4.78, 5) is 17.5. The van der Waals surface area contributed by atoms with Crippen LogP contribution in [0.25, 0.3) is 33.7 Å². The van der Waals surface area contributed by atoms with E-state index in [9.17, 15) is 26.3 Å². The third kappa shape index (κ3) is 5.19. The van der Waals surface area contributed by atoms with E-state index >= 15 is 0 Å². The molecule has 0 atom stereocenters. The Kier molecular flexibility index (Phi) is 7.25. The molecule has 6 rings (SSSR count). The van der Waals surface area contributed by atoms with Gasteiger partial charge >= 0.3 is 33.4 Å². The molecule has 0 saturated heterocycles. The number of fused-ring (bicyclic) bond motifs is 2. The quantitative estimate of drug-likeness (QED) is 0.142. The second-order valence-corrected chi connectivity index (χ2v) is 9.88. The Hall–Kier alpha value is -4.05. The molecule has 0 aliphatic heterocycles. The second-order valence-electron chi connectivity index (χ2n) is 9.88. The summed E-state index contributed by atoms with van der Waals surface area (Å²) in [6.45, 7) is 3.81. The number of alkyl halides is 6. The van der Waals surface area contributed by atoms with Crippen molar-refractivity contribution in [2.45, 2.75) is 31.6 Å². The number of aromatic nitrogens is 6. The summed E-state index contributed by atoms with van der Waals surface area (Å²) in [6, 6.07) is 17.1. The second kappa shape index (κ2) is 10.3. The molecular formula is C29H18F6N6Pt. The van der Waals surface area contributed by atoms with Crippen LogP contribution in [0.5, 0.6) is 0 Å². The van der Waals surface area contributed by atoms with Gasteiger partial charge in [0.15, 0.2) is 0 Å². The van der Waals surface area contributed by atoms with Crippen molar-refractivity contribution in [1.82, 2.24) is 29.1 Å². The number of nitrogens with zero attached hydrogens (tertiary/aromatic N) is 6. The van der Waals surface area contributed by atoms with Gasteiger partial charge in [0, 0.05) is 40.6 Å². The summed E-state index contributed by atoms with van der Waals surface area (Å²) < 4.78 is 81.8. The number of benzene rings is 2. The molecule has 0 aliphatic carbocycles. The summed E-state index contributed by atoms with van der Waals surface area (Å²) in [5.74, 6) is 0.812. The Morgan fingerprint density at radius 2 is 1.00 bits per heavy atom. The van der Waals surface area contributed by atoms with E-state index in [1.807, 2.05) is 13.8 Å². The van der Waals surface area contributed by atoms with Crippen molar-refractivity contribution >= 4 is 22.1 Å². The van der Waals surface area contributed by atoms with Gasteiger partial charge in [0.2, 0.25) is 0 Å². The Morgan fingerprint density at radius 3 is 1.38 bits per heavy atom. The van der Waals surface area contributed by atoms with Crippen molar-refractivity contribution in [3.8, 4) is 11.6 Å². The van der Waals surface area contributed by atoms with Crippen LogP contribution in [0, 0.1) is 12.7 Å². The minimum Gasteiger partial charge on any atom is -0.411 e. The van der Waals surface area contributed by atoms with E-state index in [1.54, 1.807) is 36.4 Å². The first kappa shape index (κ1) is 29.4. The van der Waals surface area contributed by atoms with E-state index < -0.39 is 28.9 Å².